The van der Waals surface area contributed by atoms with Gasteiger partial charge in [0.15, 0.2) is 12.6 Å². The van der Waals surface area contributed by atoms with Gasteiger partial charge in [0.25, 0.3) is 0 Å². The van der Waals surface area contributed by atoms with Crippen molar-refractivity contribution >= 4 is 6.29 Å². The number of hydrogen-bond acceptors (Lipinski definition) is 4. The number of aldehydes is 1. The molecule has 1 rings (SSSR count). The van der Waals surface area contributed by atoms with Crippen LogP contribution < -0.4 is 0 Å². The lowest BCUT2D eigenvalue weighted by Crippen LogP contribution is -2.46. The van der Waals surface area contributed by atoms with Crippen molar-refractivity contribution in [3.8, 4) is 0 Å². The standard InChI is InChI=1S/C10H18O4/c1-9(2,3)13-8-5-6-12-10(4,7-11)14-8/h7-8H,5-6H2,1-4H3. The van der Waals surface area contributed by atoms with Crippen LogP contribution in [-0.2, 0) is 19.0 Å². The summed E-state index contributed by atoms with van der Waals surface area (Å²) < 4.78 is 16.2. The summed E-state index contributed by atoms with van der Waals surface area (Å²) in [5.74, 6) is -1.14. The first-order valence-electron chi connectivity index (χ1n) is 4.81. The third-order valence-electron chi connectivity index (χ3n) is 1.81. The molecule has 0 aromatic heterocycles. The van der Waals surface area contributed by atoms with E-state index in [-0.39, 0.29) is 11.9 Å². The third kappa shape index (κ3) is 3.36. The van der Waals surface area contributed by atoms with E-state index in [1.54, 1.807) is 6.92 Å². The van der Waals surface area contributed by atoms with Crippen LogP contribution in [0.25, 0.3) is 0 Å². The molecular weight excluding hydrogens is 184 g/mol. The smallest absolute Gasteiger partial charge is 0.225 e. The van der Waals surface area contributed by atoms with Crippen LogP contribution in [0.5, 0.6) is 0 Å². The second-order valence-corrected chi connectivity index (χ2v) is 4.55. The van der Waals surface area contributed by atoms with Gasteiger partial charge in [0.1, 0.15) is 0 Å². The Labute approximate surface area is 84.5 Å². The van der Waals surface area contributed by atoms with Crippen LogP contribution in [0.1, 0.15) is 34.1 Å². The van der Waals surface area contributed by atoms with Gasteiger partial charge in [0, 0.05) is 6.42 Å². The minimum atomic E-state index is -1.14. The van der Waals surface area contributed by atoms with Crippen molar-refractivity contribution in [1.82, 2.24) is 0 Å². The zero-order chi connectivity index (χ0) is 10.8. The number of hydrogen-bond donors (Lipinski definition) is 0. The number of carbonyl (C=O) groups is 1. The highest BCUT2D eigenvalue weighted by atomic mass is 16.8. The van der Waals surface area contributed by atoms with Crippen LogP contribution in [0.3, 0.4) is 0 Å². The maximum Gasteiger partial charge on any atom is 0.225 e. The normalized spacial score (nSPS) is 34.1. The van der Waals surface area contributed by atoms with E-state index in [0.29, 0.717) is 19.3 Å². The second-order valence-electron chi connectivity index (χ2n) is 4.55. The summed E-state index contributed by atoms with van der Waals surface area (Å²) in [6.45, 7) is 7.92. The van der Waals surface area contributed by atoms with Gasteiger partial charge in [-0.2, -0.15) is 0 Å². The molecule has 0 aromatic carbocycles. The van der Waals surface area contributed by atoms with Gasteiger partial charge in [-0.05, 0) is 27.7 Å². The molecule has 0 amide bonds. The summed E-state index contributed by atoms with van der Waals surface area (Å²) >= 11 is 0. The van der Waals surface area contributed by atoms with Gasteiger partial charge >= 0.3 is 0 Å². The average Bonchev–Trinajstić information content (AvgIpc) is 2.01. The first-order valence-corrected chi connectivity index (χ1v) is 4.81. The fourth-order valence-electron chi connectivity index (χ4n) is 1.25. The topological polar surface area (TPSA) is 44.8 Å². The molecule has 2 atom stereocenters. The van der Waals surface area contributed by atoms with E-state index in [0.717, 1.165) is 0 Å². The van der Waals surface area contributed by atoms with Gasteiger partial charge in [-0.1, -0.05) is 0 Å². The van der Waals surface area contributed by atoms with Crippen LogP contribution >= 0.6 is 0 Å². The zero-order valence-corrected chi connectivity index (χ0v) is 9.20. The maximum absolute atomic E-state index is 10.7. The lowest BCUT2D eigenvalue weighted by molar-refractivity contribution is -0.332. The SMILES string of the molecule is CC(C)(C)OC1CCOC(C)(C=O)O1. The third-order valence-corrected chi connectivity index (χ3v) is 1.81. The van der Waals surface area contributed by atoms with Gasteiger partial charge < -0.3 is 14.2 Å². The largest absolute Gasteiger partial charge is 0.347 e. The van der Waals surface area contributed by atoms with Gasteiger partial charge in [-0.15, -0.1) is 0 Å². The van der Waals surface area contributed by atoms with E-state index in [4.69, 9.17) is 14.2 Å². The van der Waals surface area contributed by atoms with Crippen molar-refractivity contribution in [2.24, 2.45) is 0 Å². The summed E-state index contributed by atoms with van der Waals surface area (Å²) in [6, 6.07) is 0. The molecule has 2 unspecified atom stereocenters. The fraction of sp³-hybridized carbons (Fsp3) is 0.900. The monoisotopic (exact) mass is 202 g/mol. The van der Waals surface area contributed by atoms with E-state index in [1.807, 2.05) is 20.8 Å². The molecule has 0 aromatic rings. The van der Waals surface area contributed by atoms with Crippen LogP contribution in [0.15, 0.2) is 0 Å². The molecule has 1 aliphatic heterocycles. The average molecular weight is 202 g/mol. The van der Waals surface area contributed by atoms with E-state index in [1.165, 1.54) is 0 Å². The van der Waals surface area contributed by atoms with Crippen LogP contribution in [0.2, 0.25) is 0 Å². The molecule has 4 heteroatoms. The van der Waals surface area contributed by atoms with Gasteiger partial charge in [0.05, 0.1) is 12.2 Å². The van der Waals surface area contributed by atoms with E-state index >= 15 is 0 Å². The van der Waals surface area contributed by atoms with Gasteiger partial charge in [-0.3, -0.25) is 4.79 Å². The highest BCUT2D eigenvalue weighted by Gasteiger charge is 2.35. The Morgan fingerprint density at radius 1 is 1.50 bits per heavy atom. The second kappa shape index (κ2) is 3.96. The molecule has 0 saturated carbocycles. The molecule has 0 N–H and O–H groups in total. The Morgan fingerprint density at radius 2 is 2.14 bits per heavy atom. The number of carbonyl (C=O) groups excluding carboxylic acids is 1. The van der Waals surface area contributed by atoms with E-state index in [2.05, 4.69) is 0 Å². The highest BCUT2D eigenvalue weighted by molar-refractivity contribution is 5.59. The maximum atomic E-state index is 10.7. The molecular formula is C10H18O4. The zero-order valence-electron chi connectivity index (χ0n) is 9.20. The molecule has 14 heavy (non-hydrogen) atoms. The fourth-order valence-corrected chi connectivity index (χ4v) is 1.25. The molecule has 0 aliphatic carbocycles. The van der Waals surface area contributed by atoms with Gasteiger partial charge in [0.2, 0.25) is 5.79 Å². The molecule has 1 fully saturated rings. The molecule has 82 valence electrons. The van der Waals surface area contributed by atoms with Crippen molar-refractivity contribution in [3.05, 3.63) is 0 Å². The minimum absolute atomic E-state index is 0.272. The lowest BCUT2D eigenvalue weighted by Gasteiger charge is -2.37. The summed E-state index contributed by atoms with van der Waals surface area (Å²) in [5.41, 5.74) is -0.272. The minimum Gasteiger partial charge on any atom is -0.347 e. The Morgan fingerprint density at radius 3 is 2.64 bits per heavy atom. The predicted octanol–water partition coefficient (Wildman–Crippen LogP) is 1.48. The van der Waals surface area contributed by atoms with Crippen LogP contribution in [0.4, 0.5) is 0 Å². The summed E-state index contributed by atoms with van der Waals surface area (Å²) in [7, 11) is 0. The Hall–Kier alpha value is -0.450. The van der Waals surface area contributed by atoms with E-state index in [9.17, 15) is 4.79 Å². The van der Waals surface area contributed by atoms with Crippen molar-refractivity contribution in [1.29, 1.82) is 0 Å². The van der Waals surface area contributed by atoms with Crippen molar-refractivity contribution in [2.75, 3.05) is 6.61 Å². The summed E-state index contributed by atoms with van der Waals surface area (Å²) in [5, 5.41) is 0. The first kappa shape index (κ1) is 11.6. The van der Waals surface area contributed by atoms with Crippen LogP contribution in [0, 0.1) is 0 Å². The lowest BCUT2D eigenvalue weighted by atomic mass is 10.2. The van der Waals surface area contributed by atoms with Crippen molar-refractivity contribution in [2.45, 2.75) is 51.8 Å². The molecule has 1 heterocycles. The Balaban J connectivity index is 2.52. The molecule has 0 spiro atoms. The molecule has 1 saturated heterocycles. The molecule has 1 aliphatic rings. The van der Waals surface area contributed by atoms with Crippen molar-refractivity contribution in [3.63, 3.8) is 0 Å². The molecule has 0 radical (unpaired) electrons. The summed E-state index contributed by atoms with van der Waals surface area (Å²) in [6.07, 6.45) is 0.949. The predicted molar refractivity (Wildman–Crippen MR) is 50.7 cm³/mol. The molecule has 0 bridgehead atoms. The van der Waals surface area contributed by atoms with Crippen LogP contribution in [-0.4, -0.2) is 30.6 Å². The van der Waals surface area contributed by atoms with E-state index < -0.39 is 5.79 Å². The Kier molecular flexibility index (Phi) is 3.29. The quantitative estimate of drug-likeness (QED) is 0.636. The number of rotatable bonds is 2. The van der Waals surface area contributed by atoms with Crippen molar-refractivity contribution < 1.29 is 19.0 Å². The number of ether oxygens (including phenoxy) is 3. The van der Waals surface area contributed by atoms with Gasteiger partial charge in [-0.25, -0.2) is 0 Å². The summed E-state index contributed by atoms with van der Waals surface area (Å²) in [4.78, 5) is 10.7. The molecule has 4 nitrogen and oxygen atoms in total. The Bertz CT molecular complexity index is 209. The highest BCUT2D eigenvalue weighted by Crippen LogP contribution is 2.24. The first-order chi connectivity index (χ1) is 6.35.